The standard InChI is InChI=1S/C18H22ClNO/c1-12-5-6-13(2)14(9-12)10-18(20-3)16-8-7-15(21-4)11-17(16)19/h5-9,11,18,20H,10H2,1-4H3. The number of aryl methyl sites for hydroxylation is 2. The third kappa shape index (κ3) is 3.78. The number of benzene rings is 2. The predicted molar refractivity (Wildman–Crippen MR) is 89.4 cm³/mol. The van der Waals surface area contributed by atoms with E-state index in [-0.39, 0.29) is 6.04 Å². The number of ether oxygens (including phenoxy) is 1. The normalized spacial score (nSPS) is 12.2. The minimum atomic E-state index is 0.184. The second kappa shape index (κ2) is 6.97. The number of halogens is 1. The molecule has 1 unspecified atom stereocenters. The van der Waals surface area contributed by atoms with Gasteiger partial charge in [0.25, 0.3) is 0 Å². The maximum atomic E-state index is 6.40. The first-order valence-corrected chi connectivity index (χ1v) is 7.49. The Labute approximate surface area is 132 Å². The highest BCUT2D eigenvalue weighted by atomic mass is 35.5. The molecule has 21 heavy (non-hydrogen) atoms. The van der Waals surface area contributed by atoms with Gasteiger partial charge in [0.1, 0.15) is 5.75 Å². The molecular weight excluding hydrogens is 282 g/mol. The molecule has 0 spiro atoms. The molecule has 0 bridgehead atoms. The molecular formula is C18H22ClNO. The molecule has 1 atom stereocenters. The van der Waals surface area contributed by atoms with E-state index in [0.29, 0.717) is 0 Å². The average Bonchev–Trinajstić information content (AvgIpc) is 2.48. The number of methoxy groups -OCH3 is 1. The van der Waals surface area contributed by atoms with Crippen LogP contribution in [0.2, 0.25) is 5.02 Å². The first-order chi connectivity index (χ1) is 10.0. The van der Waals surface area contributed by atoms with Crippen molar-refractivity contribution < 1.29 is 4.74 Å². The van der Waals surface area contributed by atoms with Crippen LogP contribution in [0, 0.1) is 13.8 Å². The Bertz CT molecular complexity index is 625. The van der Waals surface area contributed by atoms with Crippen molar-refractivity contribution in [3.8, 4) is 5.75 Å². The van der Waals surface area contributed by atoms with Crippen molar-refractivity contribution in [1.29, 1.82) is 0 Å². The van der Waals surface area contributed by atoms with Gasteiger partial charge in [-0.25, -0.2) is 0 Å². The topological polar surface area (TPSA) is 21.3 Å². The van der Waals surface area contributed by atoms with E-state index in [0.717, 1.165) is 22.8 Å². The lowest BCUT2D eigenvalue weighted by molar-refractivity contribution is 0.414. The Morgan fingerprint density at radius 3 is 2.52 bits per heavy atom. The molecule has 0 saturated heterocycles. The van der Waals surface area contributed by atoms with E-state index in [1.807, 2.05) is 25.2 Å². The lowest BCUT2D eigenvalue weighted by Gasteiger charge is -2.20. The zero-order valence-electron chi connectivity index (χ0n) is 13.0. The molecule has 0 amide bonds. The second-order valence-electron chi connectivity index (χ2n) is 5.36. The molecule has 2 aromatic carbocycles. The van der Waals surface area contributed by atoms with Crippen LogP contribution < -0.4 is 10.1 Å². The van der Waals surface area contributed by atoms with Crippen LogP contribution >= 0.6 is 11.6 Å². The highest BCUT2D eigenvalue weighted by molar-refractivity contribution is 6.31. The molecule has 2 aromatic rings. The molecule has 3 heteroatoms. The van der Waals surface area contributed by atoms with E-state index in [1.165, 1.54) is 16.7 Å². The quantitative estimate of drug-likeness (QED) is 0.880. The molecule has 112 valence electrons. The fourth-order valence-electron chi connectivity index (χ4n) is 2.53. The van der Waals surface area contributed by atoms with Gasteiger partial charge in [-0.05, 0) is 56.1 Å². The van der Waals surface area contributed by atoms with Crippen molar-refractivity contribution in [2.24, 2.45) is 0 Å². The molecule has 0 aliphatic heterocycles. The van der Waals surface area contributed by atoms with E-state index < -0.39 is 0 Å². The average molecular weight is 304 g/mol. The van der Waals surface area contributed by atoms with Gasteiger partial charge in [-0.15, -0.1) is 0 Å². The number of rotatable bonds is 5. The van der Waals surface area contributed by atoms with Gasteiger partial charge in [0.15, 0.2) is 0 Å². The van der Waals surface area contributed by atoms with Crippen LogP contribution in [0.25, 0.3) is 0 Å². The summed E-state index contributed by atoms with van der Waals surface area (Å²) in [5.74, 6) is 0.783. The fourth-order valence-corrected chi connectivity index (χ4v) is 2.83. The minimum Gasteiger partial charge on any atom is -0.497 e. The molecule has 2 nitrogen and oxygen atoms in total. The van der Waals surface area contributed by atoms with Gasteiger partial charge in [-0.2, -0.15) is 0 Å². The van der Waals surface area contributed by atoms with Crippen LogP contribution in [0.5, 0.6) is 5.75 Å². The fraction of sp³-hybridized carbons (Fsp3) is 0.333. The lowest BCUT2D eigenvalue weighted by atomic mass is 9.95. The van der Waals surface area contributed by atoms with Crippen molar-refractivity contribution in [3.05, 3.63) is 63.7 Å². The molecule has 2 rings (SSSR count). The first kappa shape index (κ1) is 15.9. The van der Waals surface area contributed by atoms with Crippen molar-refractivity contribution >= 4 is 11.6 Å². The number of nitrogens with one attached hydrogen (secondary N) is 1. The van der Waals surface area contributed by atoms with Gasteiger partial charge in [-0.1, -0.05) is 41.4 Å². The van der Waals surface area contributed by atoms with Crippen LogP contribution in [-0.2, 0) is 6.42 Å². The van der Waals surface area contributed by atoms with Gasteiger partial charge in [0.05, 0.1) is 7.11 Å². The van der Waals surface area contributed by atoms with E-state index in [2.05, 4.69) is 37.4 Å². The molecule has 0 aliphatic carbocycles. The first-order valence-electron chi connectivity index (χ1n) is 7.12. The van der Waals surface area contributed by atoms with Crippen LogP contribution in [0.1, 0.15) is 28.3 Å². The number of hydrogen-bond donors (Lipinski definition) is 1. The monoisotopic (exact) mass is 303 g/mol. The van der Waals surface area contributed by atoms with Gasteiger partial charge in [0, 0.05) is 11.1 Å². The second-order valence-corrected chi connectivity index (χ2v) is 5.77. The van der Waals surface area contributed by atoms with Gasteiger partial charge in [-0.3, -0.25) is 0 Å². The van der Waals surface area contributed by atoms with E-state index >= 15 is 0 Å². The van der Waals surface area contributed by atoms with E-state index in [4.69, 9.17) is 16.3 Å². The number of likely N-dealkylation sites (N-methyl/N-ethyl adjacent to an activating group) is 1. The predicted octanol–water partition coefficient (Wildman–Crippen LogP) is 4.47. The Morgan fingerprint density at radius 2 is 1.90 bits per heavy atom. The summed E-state index contributed by atoms with van der Waals surface area (Å²) in [6, 6.07) is 12.6. The molecule has 0 aliphatic rings. The lowest BCUT2D eigenvalue weighted by Crippen LogP contribution is -2.19. The zero-order valence-corrected chi connectivity index (χ0v) is 13.8. The van der Waals surface area contributed by atoms with Crippen molar-refractivity contribution in [1.82, 2.24) is 5.32 Å². The molecule has 0 radical (unpaired) electrons. The van der Waals surface area contributed by atoms with Crippen LogP contribution in [0.15, 0.2) is 36.4 Å². The van der Waals surface area contributed by atoms with Crippen molar-refractivity contribution in [2.75, 3.05) is 14.2 Å². The van der Waals surface area contributed by atoms with E-state index in [9.17, 15) is 0 Å². The van der Waals surface area contributed by atoms with Crippen LogP contribution in [-0.4, -0.2) is 14.2 Å². The minimum absolute atomic E-state index is 0.184. The van der Waals surface area contributed by atoms with Crippen LogP contribution in [0.4, 0.5) is 0 Å². The zero-order chi connectivity index (χ0) is 15.4. The Kier molecular flexibility index (Phi) is 5.27. The summed E-state index contributed by atoms with van der Waals surface area (Å²) in [6.07, 6.45) is 0.913. The van der Waals surface area contributed by atoms with Gasteiger partial charge >= 0.3 is 0 Å². The summed E-state index contributed by atoms with van der Waals surface area (Å²) in [4.78, 5) is 0. The highest BCUT2D eigenvalue weighted by Gasteiger charge is 2.15. The molecule has 0 fully saturated rings. The van der Waals surface area contributed by atoms with Crippen LogP contribution in [0.3, 0.4) is 0 Å². The summed E-state index contributed by atoms with van der Waals surface area (Å²) in [7, 11) is 3.62. The molecule has 0 aromatic heterocycles. The highest BCUT2D eigenvalue weighted by Crippen LogP contribution is 2.30. The summed E-state index contributed by atoms with van der Waals surface area (Å²) in [5.41, 5.74) is 5.04. The van der Waals surface area contributed by atoms with Crippen molar-refractivity contribution in [2.45, 2.75) is 26.3 Å². The smallest absolute Gasteiger partial charge is 0.120 e. The van der Waals surface area contributed by atoms with Gasteiger partial charge in [0.2, 0.25) is 0 Å². The molecule has 0 heterocycles. The van der Waals surface area contributed by atoms with Gasteiger partial charge < -0.3 is 10.1 Å². The van der Waals surface area contributed by atoms with E-state index in [1.54, 1.807) is 7.11 Å². The molecule has 1 N–H and O–H groups in total. The third-order valence-corrected chi connectivity index (χ3v) is 4.19. The SMILES string of the molecule is CNC(Cc1cc(C)ccc1C)c1ccc(OC)cc1Cl. The Morgan fingerprint density at radius 1 is 1.14 bits per heavy atom. The summed E-state index contributed by atoms with van der Waals surface area (Å²) < 4.78 is 5.21. The number of hydrogen-bond acceptors (Lipinski definition) is 2. The summed E-state index contributed by atoms with van der Waals surface area (Å²) in [5, 5.41) is 4.10. The van der Waals surface area contributed by atoms with Crippen molar-refractivity contribution in [3.63, 3.8) is 0 Å². The largest absolute Gasteiger partial charge is 0.497 e. The maximum Gasteiger partial charge on any atom is 0.120 e. The molecule has 0 saturated carbocycles. The Balaban J connectivity index is 2.29. The summed E-state index contributed by atoms with van der Waals surface area (Å²) >= 11 is 6.40. The maximum absolute atomic E-state index is 6.40. The third-order valence-electron chi connectivity index (χ3n) is 3.86. The summed E-state index contributed by atoms with van der Waals surface area (Å²) in [6.45, 7) is 4.27. The Hall–Kier alpha value is -1.51.